The van der Waals surface area contributed by atoms with Gasteiger partial charge in [-0.05, 0) is 48.7 Å². The number of sulfone groups is 1. The van der Waals surface area contributed by atoms with Gasteiger partial charge in [-0.1, -0.05) is 23.7 Å². The smallest absolute Gasteiger partial charge is 0.290 e. The Morgan fingerprint density at radius 3 is 2.58 bits per heavy atom. The number of benzene rings is 2. The fourth-order valence-corrected chi connectivity index (χ4v) is 5.59. The molecule has 162 valence electrons. The molecular formula is C22H19ClFNO5S. The maximum absolute atomic E-state index is 13.4. The number of hydrogen-bond acceptors (Lipinski definition) is 5. The van der Waals surface area contributed by atoms with E-state index >= 15 is 0 Å². The number of carbonyl (C=O) groups is 1. The van der Waals surface area contributed by atoms with E-state index in [-0.39, 0.29) is 41.2 Å². The molecule has 1 fully saturated rings. The van der Waals surface area contributed by atoms with Crippen LogP contribution in [0.15, 0.2) is 51.7 Å². The van der Waals surface area contributed by atoms with E-state index in [1.807, 2.05) is 0 Å². The molecule has 2 heterocycles. The predicted molar refractivity (Wildman–Crippen MR) is 116 cm³/mol. The lowest BCUT2D eigenvalue weighted by atomic mass is 10.1. The average Bonchev–Trinajstić information content (AvgIpc) is 3.08. The molecule has 0 N–H and O–H groups in total. The Bertz CT molecular complexity index is 1330. The van der Waals surface area contributed by atoms with Crippen LogP contribution in [-0.2, 0) is 16.4 Å². The number of nitrogens with zero attached hydrogens (tertiary/aromatic N) is 1. The average molecular weight is 464 g/mol. The summed E-state index contributed by atoms with van der Waals surface area (Å²) in [5.41, 5.74) is 1.11. The molecule has 31 heavy (non-hydrogen) atoms. The second-order valence-electron chi connectivity index (χ2n) is 7.69. The van der Waals surface area contributed by atoms with Crippen LogP contribution in [0, 0.1) is 12.7 Å². The van der Waals surface area contributed by atoms with Crippen LogP contribution in [0.4, 0.5) is 4.39 Å². The monoisotopic (exact) mass is 463 g/mol. The number of rotatable bonds is 4. The Labute approximate surface area is 183 Å². The molecule has 6 nitrogen and oxygen atoms in total. The van der Waals surface area contributed by atoms with Crippen LogP contribution in [0.3, 0.4) is 0 Å². The minimum Gasteiger partial charge on any atom is -0.451 e. The third-order valence-electron chi connectivity index (χ3n) is 5.40. The van der Waals surface area contributed by atoms with Crippen molar-refractivity contribution in [2.24, 2.45) is 0 Å². The highest BCUT2D eigenvalue weighted by molar-refractivity contribution is 7.91. The lowest BCUT2D eigenvalue weighted by Crippen LogP contribution is -2.40. The molecule has 1 aromatic heterocycles. The van der Waals surface area contributed by atoms with Crippen molar-refractivity contribution >= 4 is 38.3 Å². The van der Waals surface area contributed by atoms with Gasteiger partial charge in [0.2, 0.25) is 0 Å². The van der Waals surface area contributed by atoms with Crippen LogP contribution in [0.5, 0.6) is 0 Å². The number of aryl methyl sites for hydroxylation is 1. The Hall–Kier alpha value is -2.71. The SMILES string of the molecule is Cc1cc2oc(C(=O)N(Cc3ccc(F)cc3)C3CCS(=O)(=O)C3)cc(=O)c2cc1Cl. The van der Waals surface area contributed by atoms with Gasteiger partial charge in [-0.2, -0.15) is 0 Å². The van der Waals surface area contributed by atoms with Gasteiger partial charge >= 0.3 is 0 Å². The Morgan fingerprint density at radius 2 is 1.94 bits per heavy atom. The molecule has 0 aliphatic carbocycles. The Balaban J connectivity index is 1.75. The third-order valence-corrected chi connectivity index (χ3v) is 7.55. The first-order valence-electron chi connectivity index (χ1n) is 9.63. The summed E-state index contributed by atoms with van der Waals surface area (Å²) >= 11 is 6.09. The van der Waals surface area contributed by atoms with Crippen molar-refractivity contribution in [1.82, 2.24) is 4.90 Å². The standard InChI is InChI=1S/C22H19ClFNO5S/c1-13-8-20-17(9-18(13)23)19(26)10-21(30-20)22(27)25(16-6-7-31(28,29)12-16)11-14-2-4-15(24)5-3-14/h2-5,8-10,16H,6-7,11-12H2,1H3. The van der Waals surface area contributed by atoms with Crippen LogP contribution in [0.25, 0.3) is 11.0 Å². The van der Waals surface area contributed by atoms with Gasteiger partial charge in [0.15, 0.2) is 21.0 Å². The van der Waals surface area contributed by atoms with E-state index in [0.717, 1.165) is 6.07 Å². The van der Waals surface area contributed by atoms with Gasteiger partial charge in [-0.3, -0.25) is 9.59 Å². The van der Waals surface area contributed by atoms with Gasteiger partial charge in [0, 0.05) is 23.7 Å². The molecule has 1 amide bonds. The molecule has 1 unspecified atom stereocenters. The summed E-state index contributed by atoms with van der Waals surface area (Å²) in [6, 6.07) is 9.19. The summed E-state index contributed by atoms with van der Waals surface area (Å²) in [7, 11) is -3.27. The van der Waals surface area contributed by atoms with Crippen molar-refractivity contribution < 1.29 is 22.0 Å². The summed E-state index contributed by atoms with van der Waals surface area (Å²) < 4.78 is 43.1. The summed E-state index contributed by atoms with van der Waals surface area (Å²) in [5, 5.41) is 0.661. The molecule has 1 aliphatic rings. The molecule has 0 spiro atoms. The number of fused-ring (bicyclic) bond motifs is 1. The predicted octanol–water partition coefficient (Wildman–Crippen LogP) is 3.72. The molecule has 1 aliphatic heterocycles. The quantitative estimate of drug-likeness (QED) is 0.588. The van der Waals surface area contributed by atoms with E-state index in [9.17, 15) is 22.4 Å². The van der Waals surface area contributed by atoms with E-state index in [0.29, 0.717) is 16.1 Å². The summed E-state index contributed by atoms with van der Waals surface area (Å²) in [4.78, 5) is 27.3. The minimum absolute atomic E-state index is 0.0236. The topological polar surface area (TPSA) is 84.7 Å². The number of hydrogen-bond donors (Lipinski definition) is 0. The molecule has 1 atom stereocenters. The van der Waals surface area contributed by atoms with Crippen molar-refractivity contribution in [3.8, 4) is 0 Å². The number of amides is 1. The minimum atomic E-state index is -3.27. The van der Waals surface area contributed by atoms with Crippen LogP contribution < -0.4 is 5.43 Å². The maximum Gasteiger partial charge on any atom is 0.290 e. The second-order valence-corrected chi connectivity index (χ2v) is 10.3. The van der Waals surface area contributed by atoms with E-state index in [1.54, 1.807) is 13.0 Å². The zero-order valence-electron chi connectivity index (χ0n) is 16.6. The molecule has 1 saturated heterocycles. The van der Waals surface area contributed by atoms with Crippen molar-refractivity contribution in [3.63, 3.8) is 0 Å². The summed E-state index contributed by atoms with van der Waals surface area (Å²) in [5.74, 6) is -1.40. The van der Waals surface area contributed by atoms with Gasteiger partial charge < -0.3 is 9.32 Å². The van der Waals surface area contributed by atoms with Crippen molar-refractivity contribution in [3.05, 3.63) is 80.4 Å². The molecule has 0 saturated carbocycles. The first kappa shape index (κ1) is 21.5. The number of carbonyl (C=O) groups excluding carboxylic acids is 1. The third kappa shape index (κ3) is 4.50. The maximum atomic E-state index is 13.4. The van der Waals surface area contributed by atoms with Crippen LogP contribution >= 0.6 is 11.6 Å². The van der Waals surface area contributed by atoms with Crippen molar-refractivity contribution in [1.29, 1.82) is 0 Å². The zero-order chi connectivity index (χ0) is 22.3. The highest BCUT2D eigenvalue weighted by Gasteiger charge is 2.36. The van der Waals surface area contributed by atoms with Gasteiger partial charge in [0.05, 0.1) is 16.9 Å². The Kier molecular flexibility index (Phi) is 5.61. The van der Waals surface area contributed by atoms with E-state index in [4.69, 9.17) is 16.0 Å². The Morgan fingerprint density at radius 1 is 1.23 bits per heavy atom. The van der Waals surface area contributed by atoms with Crippen LogP contribution in [0.2, 0.25) is 5.02 Å². The normalized spacial score (nSPS) is 17.7. The lowest BCUT2D eigenvalue weighted by molar-refractivity contribution is 0.0648. The van der Waals surface area contributed by atoms with Crippen molar-refractivity contribution in [2.45, 2.75) is 25.9 Å². The van der Waals surface area contributed by atoms with Gasteiger partial charge in [-0.25, -0.2) is 12.8 Å². The zero-order valence-corrected chi connectivity index (χ0v) is 18.2. The van der Waals surface area contributed by atoms with Crippen LogP contribution in [-0.4, -0.2) is 36.8 Å². The van der Waals surface area contributed by atoms with Gasteiger partial charge in [0.1, 0.15) is 11.4 Å². The molecule has 3 aromatic rings. The fourth-order valence-electron chi connectivity index (χ4n) is 3.70. The highest BCUT2D eigenvalue weighted by atomic mass is 35.5. The molecular weight excluding hydrogens is 445 g/mol. The summed E-state index contributed by atoms with van der Waals surface area (Å²) in [6.45, 7) is 1.81. The van der Waals surface area contributed by atoms with E-state index in [2.05, 4.69) is 0 Å². The largest absolute Gasteiger partial charge is 0.451 e. The van der Waals surface area contributed by atoms with E-state index < -0.39 is 33.0 Å². The lowest BCUT2D eigenvalue weighted by Gasteiger charge is -2.28. The van der Waals surface area contributed by atoms with Gasteiger partial charge in [-0.15, -0.1) is 0 Å². The highest BCUT2D eigenvalue weighted by Crippen LogP contribution is 2.25. The summed E-state index contributed by atoms with van der Waals surface area (Å²) in [6.07, 6.45) is 0.280. The first-order chi connectivity index (χ1) is 14.6. The second kappa shape index (κ2) is 8.09. The molecule has 9 heteroatoms. The van der Waals surface area contributed by atoms with Gasteiger partial charge in [0.25, 0.3) is 5.91 Å². The molecule has 2 aromatic carbocycles. The molecule has 0 bridgehead atoms. The molecule has 4 rings (SSSR count). The van der Waals surface area contributed by atoms with Crippen molar-refractivity contribution in [2.75, 3.05) is 11.5 Å². The van der Waals surface area contributed by atoms with Crippen LogP contribution in [0.1, 0.15) is 28.1 Å². The fraction of sp³-hybridized carbons (Fsp3) is 0.273. The first-order valence-corrected chi connectivity index (χ1v) is 11.8. The van der Waals surface area contributed by atoms with E-state index in [1.165, 1.54) is 35.2 Å². The molecule has 0 radical (unpaired) electrons. The number of halogens is 2.